The van der Waals surface area contributed by atoms with Gasteiger partial charge in [-0.05, 0) is 49.8 Å². The highest BCUT2D eigenvalue weighted by Gasteiger charge is 2.34. The van der Waals surface area contributed by atoms with Gasteiger partial charge in [0.05, 0.1) is 10.8 Å². The number of benzene rings is 1. The maximum absolute atomic E-state index is 12.9. The molecule has 0 aromatic heterocycles. The molecule has 0 bridgehead atoms. The van der Waals surface area contributed by atoms with Crippen molar-refractivity contribution < 1.29 is 23.1 Å². The number of carbonyl (C=O) groups is 2. The van der Waals surface area contributed by atoms with E-state index in [1.165, 1.54) is 12.1 Å². The van der Waals surface area contributed by atoms with Crippen molar-refractivity contribution in [3.63, 3.8) is 0 Å². The van der Waals surface area contributed by atoms with E-state index in [1.807, 2.05) is 6.92 Å². The Balaban J connectivity index is 1.81. The Morgan fingerprint density at radius 2 is 1.92 bits per heavy atom. The number of nitrogens with one attached hydrogen (secondary N) is 1. The monoisotopic (exact) mass is 380 g/mol. The molecule has 2 aliphatic rings. The first-order valence-corrected chi connectivity index (χ1v) is 10.3. The fourth-order valence-corrected chi connectivity index (χ4v) is 4.69. The van der Waals surface area contributed by atoms with E-state index >= 15 is 0 Å². The van der Waals surface area contributed by atoms with Gasteiger partial charge in [0.2, 0.25) is 10.0 Å². The second-order valence-corrected chi connectivity index (χ2v) is 9.05. The Bertz CT molecular complexity index is 832. The van der Waals surface area contributed by atoms with Crippen LogP contribution in [0, 0.1) is 18.8 Å². The number of carboxylic acids is 1. The lowest BCUT2D eigenvalue weighted by Crippen LogP contribution is -2.45. The van der Waals surface area contributed by atoms with Crippen molar-refractivity contribution in [1.29, 1.82) is 0 Å². The molecular weight excluding hydrogens is 356 g/mol. The summed E-state index contributed by atoms with van der Waals surface area (Å²) in [6.45, 7) is 4.31. The van der Waals surface area contributed by atoms with Gasteiger partial charge in [-0.3, -0.25) is 9.59 Å². The van der Waals surface area contributed by atoms with Gasteiger partial charge in [-0.2, -0.15) is 0 Å². The van der Waals surface area contributed by atoms with Crippen LogP contribution in [0.25, 0.3) is 0 Å². The Hall–Kier alpha value is -1.93. The van der Waals surface area contributed by atoms with Crippen LogP contribution in [0.5, 0.6) is 0 Å². The molecule has 0 radical (unpaired) electrons. The van der Waals surface area contributed by atoms with Crippen LogP contribution >= 0.6 is 0 Å². The predicted molar refractivity (Wildman–Crippen MR) is 95.3 cm³/mol. The van der Waals surface area contributed by atoms with Gasteiger partial charge in [-0.25, -0.2) is 13.1 Å². The van der Waals surface area contributed by atoms with E-state index in [0.29, 0.717) is 30.6 Å². The summed E-state index contributed by atoms with van der Waals surface area (Å²) in [5, 5.41) is 9.22. The number of aryl methyl sites for hydroxylation is 1. The minimum Gasteiger partial charge on any atom is -0.481 e. The van der Waals surface area contributed by atoms with Crippen molar-refractivity contribution >= 4 is 21.9 Å². The molecule has 1 aliphatic heterocycles. The first kappa shape index (κ1) is 18.8. The number of aliphatic carboxylic acids is 1. The van der Waals surface area contributed by atoms with Crippen LogP contribution in [0.1, 0.15) is 42.1 Å². The zero-order valence-corrected chi connectivity index (χ0v) is 15.8. The molecule has 7 nitrogen and oxygen atoms in total. The van der Waals surface area contributed by atoms with Crippen molar-refractivity contribution in [2.45, 2.75) is 44.0 Å². The molecule has 2 fully saturated rings. The Morgan fingerprint density at radius 1 is 1.23 bits per heavy atom. The van der Waals surface area contributed by atoms with Gasteiger partial charge >= 0.3 is 5.97 Å². The number of amides is 1. The number of carboxylic acid groups (broad SMARTS) is 1. The van der Waals surface area contributed by atoms with Gasteiger partial charge in [0, 0.05) is 24.7 Å². The van der Waals surface area contributed by atoms with Crippen molar-refractivity contribution in [2.75, 3.05) is 13.1 Å². The average molecular weight is 380 g/mol. The van der Waals surface area contributed by atoms with Crippen LogP contribution in [-0.2, 0) is 14.8 Å². The lowest BCUT2D eigenvalue weighted by molar-refractivity contribution is -0.145. The maximum atomic E-state index is 12.9. The lowest BCUT2D eigenvalue weighted by Gasteiger charge is -2.35. The minimum atomic E-state index is -3.63. The fourth-order valence-electron chi connectivity index (χ4n) is 3.35. The minimum absolute atomic E-state index is 0.00338. The van der Waals surface area contributed by atoms with Crippen LogP contribution in [0.3, 0.4) is 0 Å². The molecule has 2 N–H and O–H groups in total. The highest BCUT2D eigenvalue weighted by Crippen LogP contribution is 2.27. The molecule has 2 atom stereocenters. The van der Waals surface area contributed by atoms with E-state index in [4.69, 9.17) is 0 Å². The van der Waals surface area contributed by atoms with Gasteiger partial charge in [0.25, 0.3) is 5.91 Å². The number of hydrogen-bond acceptors (Lipinski definition) is 4. The summed E-state index contributed by atoms with van der Waals surface area (Å²) in [7, 11) is -3.63. The van der Waals surface area contributed by atoms with Crippen molar-refractivity contribution in [3.8, 4) is 0 Å². The number of sulfonamides is 1. The molecule has 1 aromatic rings. The predicted octanol–water partition coefficient (Wildman–Crippen LogP) is 1.62. The number of likely N-dealkylation sites (tertiary alicyclic amines) is 1. The number of rotatable bonds is 5. The molecule has 0 spiro atoms. The smallest absolute Gasteiger partial charge is 0.306 e. The van der Waals surface area contributed by atoms with E-state index in [0.717, 1.165) is 12.8 Å². The van der Waals surface area contributed by atoms with Crippen molar-refractivity contribution in [2.24, 2.45) is 11.8 Å². The Kier molecular flexibility index (Phi) is 5.07. The molecule has 2 unspecified atom stereocenters. The quantitative estimate of drug-likeness (QED) is 0.808. The summed E-state index contributed by atoms with van der Waals surface area (Å²) in [6.07, 6.45) is 2.09. The largest absolute Gasteiger partial charge is 0.481 e. The van der Waals surface area contributed by atoms with Crippen LogP contribution in [-0.4, -0.2) is 49.4 Å². The molecular formula is C18H24N2O5S. The van der Waals surface area contributed by atoms with Gasteiger partial charge in [-0.15, -0.1) is 0 Å². The molecule has 1 amide bonds. The zero-order valence-electron chi connectivity index (χ0n) is 14.9. The molecule has 8 heteroatoms. The van der Waals surface area contributed by atoms with E-state index in [1.54, 1.807) is 17.9 Å². The third kappa shape index (κ3) is 3.91. The average Bonchev–Trinajstić information content (AvgIpc) is 3.37. The SMILES string of the molecule is Cc1ccc(S(=O)(=O)NC2CC2)cc1C(=O)N1CCC(C(=O)O)C(C)C1. The summed E-state index contributed by atoms with van der Waals surface area (Å²) < 4.78 is 27.4. The van der Waals surface area contributed by atoms with E-state index in [-0.39, 0.29) is 22.8 Å². The first-order valence-electron chi connectivity index (χ1n) is 8.84. The molecule has 1 heterocycles. The second-order valence-electron chi connectivity index (χ2n) is 7.33. The topological polar surface area (TPSA) is 104 Å². The van der Waals surface area contributed by atoms with Crippen LogP contribution in [0.2, 0.25) is 0 Å². The van der Waals surface area contributed by atoms with Crippen molar-refractivity contribution in [3.05, 3.63) is 29.3 Å². The summed E-state index contributed by atoms with van der Waals surface area (Å²) in [5.74, 6) is -1.68. The third-order valence-corrected chi connectivity index (χ3v) is 6.68. The normalized spacial score (nSPS) is 23.7. The van der Waals surface area contributed by atoms with Gasteiger partial charge in [0.1, 0.15) is 0 Å². The van der Waals surface area contributed by atoms with E-state index in [2.05, 4.69) is 4.72 Å². The van der Waals surface area contributed by atoms with Crippen LogP contribution < -0.4 is 4.72 Å². The summed E-state index contributed by atoms with van der Waals surface area (Å²) in [5.41, 5.74) is 1.05. The highest BCUT2D eigenvalue weighted by molar-refractivity contribution is 7.89. The molecule has 3 rings (SSSR count). The molecule has 1 saturated heterocycles. The van der Waals surface area contributed by atoms with E-state index < -0.39 is 21.9 Å². The summed E-state index contributed by atoms with van der Waals surface area (Å²) in [6, 6.07) is 4.57. The number of piperidine rings is 1. The van der Waals surface area contributed by atoms with Gasteiger partial charge in [0.15, 0.2) is 0 Å². The summed E-state index contributed by atoms with van der Waals surface area (Å²) >= 11 is 0. The lowest BCUT2D eigenvalue weighted by atomic mass is 9.86. The standard InChI is InChI=1S/C18H24N2O5S/c1-11-3-6-14(26(24,25)19-13-4-5-13)9-16(11)17(21)20-8-7-15(18(22)23)12(2)10-20/h3,6,9,12-13,15,19H,4-5,7-8,10H2,1-2H3,(H,22,23). The number of nitrogens with zero attached hydrogens (tertiary/aromatic N) is 1. The molecule has 1 saturated carbocycles. The zero-order chi connectivity index (χ0) is 19.1. The highest BCUT2D eigenvalue weighted by atomic mass is 32.2. The Labute approximate surface area is 153 Å². The van der Waals surface area contributed by atoms with Crippen LogP contribution in [0.4, 0.5) is 0 Å². The summed E-state index contributed by atoms with van der Waals surface area (Å²) in [4.78, 5) is 25.9. The fraction of sp³-hybridized carbons (Fsp3) is 0.556. The molecule has 1 aromatic carbocycles. The Morgan fingerprint density at radius 3 is 2.50 bits per heavy atom. The number of carbonyl (C=O) groups excluding carboxylic acids is 1. The molecule has 142 valence electrons. The second kappa shape index (κ2) is 7.00. The maximum Gasteiger partial charge on any atom is 0.306 e. The van der Waals surface area contributed by atoms with E-state index in [9.17, 15) is 23.1 Å². The molecule has 1 aliphatic carbocycles. The third-order valence-electron chi connectivity index (χ3n) is 5.16. The van der Waals surface area contributed by atoms with Crippen molar-refractivity contribution in [1.82, 2.24) is 9.62 Å². The van der Waals surface area contributed by atoms with Gasteiger partial charge < -0.3 is 10.0 Å². The first-order chi connectivity index (χ1) is 12.2. The number of hydrogen-bond donors (Lipinski definition) is 2. The van der Waals surface area contributed by atoms with Crippen LogP contribution in [0.15, 0.2) is 23.1 Å². The van der Waals surface area contributed by atoms with Gasteiger partial charge in [-0.1, -0.05) is 13.0 Å². The molecule has 26 heavy (non-hydrogen) atoms.